The second kappa shape index (κ2) is 9.96. The number of aromatic nitrogens is 1. The molecule has 2 aromatic rings. The molecule has 0 saturated heterocycles. The number of benzene rings is 1. The van der Waals surface area contributed by atoms with Gasteiger partial charge >= 0.3 is 0 Å². The van der Waals surface area contributed by atoms with Gasteiger partial charge < -0.3 is 14.6 Å². The smallest absolute Gasteiger partial charge is 0.274 e. The second-order valence-corrected chi connectivity index (χ2v) is 8.50. The highest BCUT2D eigenvalue weighted by atomic mass is 32.2. The van der Waals surface area contributed by atoms with Crippen molar-refractivity contribution in [1.82, 2.24) is 9.47 Å². The van der Waals surface area contributed by atoms with Crippen molar-refractivity contribution in [2.75, 3.05) is 13.1 Å². The predicted molar refractivity (Wildman–Crippen MR) is 121 cm³/mol. The van der Waals surface area contributed by atoms with E-state index in [1.54, 1.807) is 21.6 Å². The quantitative estimate of drug-likeness (QED) is 0.497. The van der Waals surface area contributed by atoms with Crippen LogP contribution in [0.25, 0.3) is 0 Å². The number of nitrogens with one attached hydrogen (secondary N) is 1. The van der Waals surface area contributed by atoms with Crippen LogP contribution in [0.2, 0.25) is 0 Å². The number of halogens is 1. The lowest BCUT2D eigenvalue weighted by atomic mass is 10.1. The van der Waals surface area contributed by atoms with Crippen LogP contribution in [0.5, 0.6) is 5.75 Å². The summed E-state index contributed by atoms with van der Waals surface area (Å²) >= 11 is 1.14. The molecule has 164 valence electrons. The number of fused-ring (bicyclic) bond motifs is 1. The van der Waals surface area contributed by atoms with Crippen LogP contribution in [0, 0.1) is 11.2 Å². The Hall–Kier alpha value is -2.87. The van der Waals surface area contributed by atoms with Gasteiger partial charge in [0.1, 0.15) is 10.9 Å². The topological polar surface area (TPSA) is 86.4 Å². The Kier molecular flexibility index (Phi) is 7.33. The van der Waals surface area contributed by atoms with E-state index >= 15 is 0 Å². The normalized spacial score (nSPS) is 14.0. The summed E-state index contributed by atoms with van der Waals surface area (Å²) in [5.74, 6) is -1.28. The van der Waals surface area contributed by atoms with Crippen LogP contribution in [0.15, 0.2) is 46.2 Å². The van der Waals surface area contributed by atoms with Crippen molar-refractivity contribution < 1.29 is 14.3 Å². The molecule has 6 nitrogen and oxygen atoms in total. The highest BCUT2D eigenvalue weighted by molar-refractivity contribution is 8.17. The van der Waals surface area contributed by atoms with E-state index in [4.69, 9.17) is 5.41 Å². The number of rotatable bonds is 7. The van der Waals surface area contributed by atoms with Gasteiger partial charge in [0.15, 0.2) is 11.4 Å². The molecule has 0 aliphatic carbocycles. The van der Waals surface area contributed by atoms with Crippen molar-refractivity contribution in [3.05, 3.63) is 74.3 Å². The lowest BCUT2D eigenvalue weighted by Crippen LogP contribution is -2.42. The Morgan fingerprint density at radius 3 is 2.58 bits per heavy atom. The fraction of sp³-hybridized carbons (Fsp3) is 0.348. The number of hydrogen-bond acceptors (Lipinski definition) is 5. The lowest BCUT2D eigenvalue weighted by Gasteiger charge is -2.30. The van der Waals surface area contributed by atoms with E-state index in [2.05, 4.69) is 0 Å². The Morgan fingerprint density at radius 1 is 1.23 bits per heavy atom. The van der Waals surface area contributed by atoms with E-state index in [1.807, 2.05) is 19.9 Å². The van der Waals surface area contributed by atoms with E-state index in [-0.39, 0.29) is 28.0 Å². The average Bonchev–Trinajstić information content (AvgIpc) is 2.74. The molecule has 0 saturated carbocycles. The van der Waals surface area contributed by atoms with Crippen molar-refractivity contribution in [3.63, 3.8) is 0 Å². The average molecular weight is 444 g/mol. The summed E-state index contributed by atoms with van der Waals surface area (Å²) in [4.78, 5) is 27.9. The number of carbonyl (C=O) groups is 1. The van der Waals surface area contributed by atoms with Gasteiger partial charge in [-0.05, 0) is 35.4 Å². The highest BCUT2D eigenvalue weighted by Crippen LogP contribution is 2.27. The van der Waals surface area contributed by atoms with Gasteiger partial charge in [0.25, 0.3) is 5.91 Å². The maximum atomic E-state index is 13.2. The van der Waals surface area contributed by atoms with Crippen LogP contribution in [0.4, 0.5) is 4.39 Å². The zero-order valence-corrected chi connectivity index (χ0v) is 18.5. The SMILES string of the molecule is CC/C=C(\Cc1ccc(F)cc1)SC(=N)c1cn2c(c(O)c1=O)C(=O)N(CCC)CC2. The maximum absolute atomic E-state index is 13.2. The summed E-state index contributed by atoms with van der Waals surface area (Å²) in [5.41, 5.74) is 0.229. The van der Waals surface area contributed by atoms with E-state index in [0.29, 0.717) is 26.1 Å². The highest BCUT2D eigenvalue weighted by Gasteiger charge is 2.29. The largest absolute Gasteiger partial charge is 0.503 e. The molecule has 3 rings (SSSR count). The zero-order chi connectivity index (χ0) is 22.5. The van der Waals surface area contributed by atoms with Gasteiger partial charge in [-0.3, -0.25) is 15.0 Å². The minimum Gasteiger partial charge on any atom is -0.503 e. The van der Waals surface area contributed by atoms with Gasteiger partial charge in [0, 0.05) is 32.3 Å². The standard InChI is InChI=1S/C23H26FN3O3S/c1-3-5-17(13-15-6-8-16(24)9-7-15)31-22(25)18-14-27-12-11-26(10-4-2)23(30)19(27)21(29)20(18)28/h5-9,14,25,29H,3-4,10-13H2,1-2H3/b17-5+,25-22?. The fourth-order valence-electron chi connectivity index (χ4n) is 3.54. The second-order valence-electron chi connectivity index (χ2n) is 7.37. The Bertz CT molecular complexity index is 1080. The van der Waals surface area contributed by atoms with Gasteiger partial charge in [-0.25, -0.2) is 4.39 Å². The molecule has 1 aromatic heterocycles. The summed E-state index contributed by atoms with van der Waals surface area (Å²) in [6.45, 7) is 5.45. The Balaban J connectivity index is 1.86. The number of pyridine rings is 1. The minimum absolute atomic E-state index is 0.000786. The molecule has 0 spiro atoms. The van der Waals surface area contributed by atoms with Crippen molar-refractivity contribution in [2.24, 2.45) is 0 Å². The number of thioether (sulfide) groups is 1. The summed E-state index contributed by atoms with van der Waals surface area (Å²) < 4.78 is 14.7. The third-order valence-corrected chi connectivity index (χ3v) is 6.05. The van der Waals surface area contributed by atoms with Gasteiger partial charge in [-0.15, -0.1) is 0 Å². The van der Waals surface area contributed by atoms with Gasteiger partial charge in [0.2, 0.25) is 5.43 Å². The molecule has 8 heteroatoms. The van der Waals surface area contributed by atoms with Crippen molar-refractivity contribution in [3.8, 4) is 5.75 Å². The first kappa shape index (κ1) is 22.8. The Labute approximate surface area is 184 Å². The molecule has 1 aliphatic rings. The molecule has 1 amide bonds. The first-order chi connectivity index (χ1) is 14.8. The molecule has 1 aromatic carbocycles. The summed E-state index contributed by atoms with van der Waals surface area (Å²) in [6, 6.07) is 6.16. The number of allylic oxidation sites excluding steroid dienone is 2. The van der Waals surface area contributed by atoms with Gasteiger partial charge in [-0.2, -0.15) is 0 Å². The van der Waals surface area contributed by atoms with E-state index in [1.165, 1.54) is 18.3 Å². The monoisotopic (exact) mass is 443 g/mol. The van der Waals surface area contributed by atoms with Crippen LogP contribution in [0.1, 0.15) is 48.3 Å². The number of hydrogen-bond donors (Lipinski definition) is 2. The number of aromatic hydroxyl groups is 1. The van der Waals surface area contributed by atoms with E-state index in [9.17, 15) is 19.1 Å². The lowest BCUT2D eigenvalue weighted by molar-refractivity contribution is 0.0697. The number of carbonyl (C=O) groups excluding carboxylic acids is 1. The predicted octanol–water partition coefficient (Wildman–Crippen LogP) is 4.15. The van der Waals surface area contributed by atoms with E-state index in [0.717, 1.165) is 35.1 Å². The van der Waals surface area contributed by atoms with Crippen LogP contribution in [-0.4, -0.2) is 38.6 Å². The van der Waals surface area contributed by atoms with Gasteiger partial charge in [-0.1, -0.05) is 43.8 Å². The number of amides is 1. The van der Waals surface area contributed by atoms with Crippen LogP contribution in [0.3, 0.4) is 0 Å². The molecule has 1 aliphatic heterocycles. The van der Waals surface area contributed by atoms with Crippen LogP contribution in [-0.2, 0) is 13.0 Å². The molecule has 2 heterocycles. The number of nitrogens with zero attached hydrogens (tertiary/aromatic N) is 2. The van der Waals surface area contributed by atoms with Crippen LogP contribution >= 0.6 is 11.8 Å². The Morgan fingerprint density at radius 2 is 1.94 bits per heavy atom. The molecule has 2 N–H and O–H groups in total. The fourth-order valence-corrected chi connectivity index (χ4v) is 4.55. The summed E-state index contributed by atoms with van der Waals surface area (Å²) in [6.07, 6.45) is 5.49. The molecule has 0 fully saturated rings. The minimum atomic E-state index is -0.715. The van der Waals surface area contributed by atoms with Crippen LogP contribution < -0.4 is 5.43 Å². The first-order valence-electron chi connectivity index (χ1n) is 10.3. The third-order valence-electron chi connectivity index (χ3n) is 5.05. The molecule has 0 unspecified atom stereocenters. The summed E-state index contributed by atoms with van der Waals surface area (Å²) in [5, 5.41) is 19.0. The zero-order valence-electron chi connectivity index (χ0n) is 17.7. The molecule has 0 bridgehead atoms. The van der Waals surface area contributed by atoms with Gasteiger partial charge in [0.05, 0.1) is 5.56 Å². The maximum Gasteiger partial charge on any atom is 0.274 e. The molecule has 31 heavy (non-hydrogen) atoms. The van der Waals surface area contributed by atoms with Crippen molar-refractivity contribution in [1.29, 1.82) is 5.41 Å². The molecule has 0 radical (unpaired) electrons. The molecule has 0 atom stereocenters. The first-order valence-corrected chi connectivity index (χ1v) is 11.1. The van der Waals surface area contributed by atoms with Crippen molar-refractivity contribution >= 4 is 22.7 Å². The molecular formula is C23H26FN3O3S. The summed E-state index contributed by atoms with van der Waals surface area (Å²) in [7, 11) is 0. The van der Waals surface area contributed by atoms with Crippen molar-refractivity contribution in [2.45, 2.75) is 39.7 Å². The third kappa shape index (κ3) is 5.07. The van der Waals surface area contributed by atoms with E-state index < -0.39 is 11.2 Å². The molecular weight excluding hydrogens is 417 g/mol.